The minimum atomic E-state index is -0.478. The third-order valence-electron chi connectivity index (χ3n) is 4.78. The summed E-state index contributed by atoms with van der Waals surface area (Å²) in [6.45, 7) is 3.15. The Morgan fingerprint density at radius 2 is 2.26 bits per heavy atom. The summed E-state index contributed by atoms with van der Waals surface area (Å²) in [5.74, 6) is 0.303. The number of hydrogen-bond donors (Lipinski definition) is 1. The topological polar surface area (TPSA) is 120 Å². The maximum Gasteiger partial charge on any atom is 0.284 e. The summed E-state index contributed by atoms with van der Waals surface area (Å²) >= 11 is 1.14. The van der Waals surface area contributed by atoms with Gasteiger partial charge < -0.3 is 15.2 Å². The summed E-state index contributed by atoms with van der Waals surface area (Å²) in [5.41, 5.74) is 6.02. The number of hydrogen-bond acceptors (Lipinski definition) is 7. The minimum absolute atomic E-state index is 0.0343. The minimum Gasteiger partial charge on any atom is -0.334 e. The Morgan fingerprint density at radius 1 is 1.48 bits per heavy atom. The van der Waals surface area contributed by atoms with E-state index in [0.717, 1.165) is 24.6 Å². The molecule has 2 unspecified atom stereocenters. The zero-order valence-electron chi connectivity index (χ0n) is 15.2. The third-order valence-corrected chi connectivity index (χ3v) is 5.90. The van der Waals surface area contributed by atoms with E-state index in [2.05, 4.69) is 17.1 Å². The summed E-state index contributed by atoms with van der Waals surface area (Å²) in [7, 11) is 1.76. The average Bonchev–Trinajstić information content (AvgIpc) is 3.05. The number of nitrogens with two attached hydrogens (primary N) is 1. The van der Waals surface area contributed by atoms with Gasteiger partial charge in [0.1, 0.15) is 6.33 Å². The summed E-state index contributed by atoms with van der Waals surface area (Å²) in [4.78, 5) is 26.2. The van der Waals surface area contributed by atoms with Crippen LogP contribution >= 0.6 is 11.8 Å². The molecule has 2 atom stereocenters. The van der Waals surface area contributed by atoms with Crippen molar-refractivity contribution < 1.29 is 9.72 Å². The second-order valence-electron chi connectivity index (χ2n) is 6.78. The van der Waals surface area contributed by atoms with Crippen LogP contribution in [0.5, 0.6) is 0 Å². The molecule has 0 aliphatic carbocycles. The van der Waals surface area contributed by atoms with Gasteiger partial charge in [0.15, 0.2) is 5.16 Å². The zero-order chi connectivity index (χ0) is 19.6. The summed E-state index contributed by atoms with van der Waals surface area (Å²) in [5, 5.41) is 19.8. The van der Waals surface area contributed by atoms with Crippen molar-refractivity contribution in [1.29, 1.82) is 0 Å². The van der Waals surface area contributed by atoms with Crippen molar-refractivity contribution in [2.24, 2.45) is 18.7 Å². The second-order valence-corrected chi connectivity index (χ2v) is 7.79. The van der Waals surface area contributed by atoms with Gasteiger partial charge in [0.25, 0.3) is 11.6 Å². The van der Waals surface area contributed by atoms with E-state index < -0.39 is 4.92 Å². The van der Waals surface area contributed by atoms with Crippen LogP contribution in [0.4, 0.5) is 5.69 Å². The fourth-order valence-corrected chi connectivity index (χ4v) is 4.10. The molecular formula is C17H22N6O3S. The smallest absolute Gasteiger partial charge is 0.284 e. The number of aromatic nitrogens is 3. The Balaban J connectivity index is 1.88. The lowest BCUT2D eigenvalue weighted by atomic mass is 9.92. The number of amides is 1. The Hall–Kier alpha value is -2.46. The van der Waals surface area contributed by atoms with E-state index in [4.69, 9.17) is 5.73 Å². The SMILES string of the molecule is CC1CCN(C(=O)c2ccc(Sc3nncn3C)c([N+](=O)[O-])c2)C(CN)C1. The fourth-order valence-electron chi connectivity index (χ4n) is 3.25. The number of carbonyl (C=O) groups is 1. The number of carbonyl (C=O) groups excluding carboxylic acids is 1. The molecule has 0 bridgehead atoms. The Labute approximate surface area is 161 Å². The Morgan fingerprint density at radius 3 is 2.89 bits per heavy atom. The van der Waals surface area contributed by atoms with E-state index in [9.17, 15) is 14.9 Å². The van der Waals surface area contributed by atoms with Gasteiger partial charge >= 0.3 is 0 Å². The van der Waals surface area contributed by atoms with E-state index in [1.807, 2.05) is 0 Å². The molecule has 2 aromatic rings. The molecule has 2 N–H and O–H groups in total. The van der Waals surface area contributed by atoms with Gasteiger partial charge in [-0.05, 0) is 42.7 Å². The predicted octanol–water partition coefficient (Wildman–Crippen LogP) is 2.07. The maximum atomic E-state index is 12.9. The molecule has 9 nitrogen and oxygen atoms in total. The van der Waals surface area contributed by atoms with E-state index in [0.29, 0.717) is 34.6 Å². The monoisotopic (exact) mass is 390 g/mol. The number of likely N-dealkylation sites (tertiary alicyclic amines) is 1. The van der Waals surface area contributed by atoms with Gasteiger partial charge in [-0.15, -0.1) is 10.2 Å². The van der Waals surface area contributed by atoms with Crippen LogP contribution in [0.25, 0.3) is 0 Å². The van der Waals surface area contributed by atoms with E-state index in [-0.39, 0.29) is 17.6 Å². The molecule has 1 saturated heterocycles. The van der Waals surface area contributed by atoms with Gasteiger partial charge in [-0.25, -0.2) is 0 Å². The first kappa shape index (κ1) is 19.3. The first-order valence-corrected chi connectivity index (χ1v) is 9.53. The standard InChI is InChI=1S/C17H22N6O3S/c1-11-5-6-22(13(7-11)9-18)16(24)12-3-4-15(14(8-12)23(25)26)27-17-20-19-10-21(17)2/h3-4,8,10-11,13H,5-7,9,18H2,1-2H3. The summed E-state index contributed by atoms with van der Waals surface area (Å²) in [6, 6.07) is 4.52. The van der Waals surface area contributed by atoms with Crippen LogP contribution in [-0.2, 0) is 7.05 Å². The van der Waals surface area contributed by atoms with Crippen molar-refractivity contribution in [2.45, 2.75) is 35.9 Å². The molecule has 10 heteroatoms. The van der Waals surface area contributed by atoms with Crippen LogP contribution in [0, 0.1) is 16.0 Å². The second kappa shape index (κ2) is 8.05. The first-order valence-electron chi connectivity index (χ1n) is 8.72. The summed E-state index contributed by atoms with van der Waals surface area (Å²) < 4.78 is 1.67. The van der Waals surface area contributed by atoms with E-state index >= 15 is 0 Å². The van der Waals surface area contributed by atoms with Gasteiger partial charge in [-0.2, -0.15) is 0 Å². The molecule has 1 aliphatic rings. The molecule has 0 spiro atoms. The molecule has 3 rings (SSSR count). The Bertz CT molecular complexity index is 855. The number of piperidine rings is 1. The van der Waals surface area contributed by atoms with Crippen molar-refractivity contribution in [3.63, 3.8) is 0 Å². The van der Waals surface area contributed by atoms with Crippen molar-refractivity contribution in [3.8, 4) is 0 Å². The van der Waals surface area contributed by atoms with Crippen molar-refractivity contribution in [2.75, 3.05) is 13.1 Å². The average molecular weight is 390 g/mol. The number of benzene rings is 1. The molecule has 1 aromatic heterocycles. The highest BCUT2D eigenvalue weighted by atomic mass is 32.2. The van der Waals surface area contributed by atoms with E-state index in [1.54, 1.807) is 28.6 Å². The molecule has 1 aromatic carbocycles. The number of nitrogens with zero attached hydrogens (tertiary/aromatic N) is 5. The Kier molecular flexibility index (Phi) is 5.76. The van der Waals surface area contributed by atoms with Gasteiger partial charge in [0.05, 0.1) is 9.82 Å². The van der Waals surface area contributed by atoms with E-state index in [1.165, 1.54) is 12.4 Å². The lowest BCUT2D eigenvalue weighted by molar-refractivity contribution is -0.387. The highest BCUT2D eigenvalue weighted by molar-refractivity contribution is 7.99. The number of nitro groups is 1. The summed E-state index contributed by atoms with van der Waals surface area (Å²) in [6.07, 6.45) is 3.28. The van der Waals surface area contributed by atoms with Crippen molar-refractivity contribution in [1.82, 2.24) is 19.7 Å². The largest absolute Gasteiger partial charge is 0.334 e. The molecule has 1 amide bonds. The zero-order valence-corrected chi connectivity index (χ0v) is 16.1. The molecule has 0 saturated carbocycles. The highest BCUT2D eigenvalue weighted by Crippen LogP contribution is 2.35. The lowest BCUT2D eigenvalue weighted by Gasteiger charge is -2.38. The quantitative estimate of drug-likeness (QED) is 0.613. The lowest BCUT2D eigenvalue weighted by Crippen LogP contribution is -2.49. The van der Waals surface area contributed by atoms with Crippen LogP contribution in [0.2, 0.25) is 0 Å². The van der Waals surface area contributed by atoms with Crippen LogP contribution in [0.3, 0.4) is 0 Å². The predicted molar refractivity (Wildman–Crippen MR) is 100 cm³/mol. The highest BCUT2D eigenvalue weighted by Gasteiger charge is 2.30. The normalized spacial score (nSPS) is 19.9. The molecule has 144 valence electrons. The van der Waals surface area contributed by atoms with Crippen LogP contribution in [0.1, 0.15) is 30.1 Å². The molecular weight excluding hydrogens is 368 g/mol. The molecule has 0 radical (unpaired) electrons. The third kappa shape index (κ3) is 4.11. The van der Waals surface area contributed by atoms with Gasteiger partial charge in [0.2, 0.25) is 0 Å². The molecule has 2 heterocycles. The van der Waals surface area contributed by atoms with Crippen LogP contribution in [-0.4, -0.2) is 49.6 Å². The maximum absolute atomic E-state index is 12.9. The molecule has 1 fully saturated rings. The van der Waals surface area contributed by atoms with Crippen LogP contribution in [0.15, 0.2) is 34.6 Å². The van der Waals surface area contributed by atoms with Gasteiger partial charge in [-0.3, -0.25) is 14.9 Å². The number of aryl methyl sites for hydroxylation is 1. The number of nitro benzene ring substituents is 1. The van der Waals surface area contributed by atoms with Crippen LogP contribution < -0.4 is 5.73 Å². The molecule has 1 aliphatic heterocycles. The first-order chi connectivity index (χ1) is 12.9. The molecule has 27 heavy (non-hydrogen) atoms. The van der Waals surface area contributed by atoms with Gasteiger partial charge in [0, 0.05) is 37.8 Å². The fraction of sp³-hybridized carbons (Fsp3) is 0.471. The van der Waals surface area contributed by atoms with Gasteiger partial charge in [-0.1, -0.05) is 6.92 Å². The number of rotatable bonds is 5. The van der Waals surface area contributed by atoms with Crippen molar-refractivity contribution in [3.05, 3.63) is 40.2 Å². The van der Waals surface area contributed by atoms with Crippen molar-refractivity contribution >= 4 is 23.4 Å².